The van der Waals surface area contributed by atoms with Gasteiger partial charge in [-0.15, -0.1) is 0 Å². The number of carbonyl (C=O) groups is 1. The van der Waals surface area contributed by atoms with Crippen LogP contribution in [-0.2, 0) is 11.2 Å². The van der Waals surface area contributed by atoms with E-state index in [9.17, 15) is 4.79 Å². The van der Waals surface area contributed by atoms with E-state index >= 15 is 0 Å². The Kier molecular flexibility index (Phi) is 4.72. The Labute approximate surface area is 98.9 Å². The van der Waals surface area contributed by atoms with E-state index in [0.717, 1.165) is 6.42 Å². The van der Waals surface area contributed by atoms with Crippen molar-refractivity contribution in [2.75, 3.05) is 0 Å². The molecule has 0 N–H and O–H groups in total. The molecule has 0 fully saturated rings. The van der Waals surface area contributed by atoms with Gasteiger partial charge in [0.25, 0.3) is 0 Å². The van der Waals surface area contributed by atoms with Crippen molar-refractivity contribution in [3.8, 4) is 0 Å². The first-order valence-electron chi connectivity index (χ1n) is 6.12. The van der Waals surface area contributed by atoms with E-state index in [2.05, 4.69) is 38.1 Å². The summed E-state index contributed by atoms with van der Waals surface area (Å²) in [6.45, 7) is 8.32. The van der Waals surface area contributed by atoms with E-state index in [0.29, 0.717) is 18.1 Å². The first-order valence-corrected chi connectivity index (χ1v) is 6.12. The molecule has 0 bridgehead atoms. The fourth-order valence-corrected chi connectivity index (χ4v) is 1.66. The highest BCUT2D eigenvalue weighted by molar-refractivity contribution is 5.80. The Morgan fingerprint density at radius 2 is 1.88 bits per heavy atom. The molecule has 0 heterocycles. The summed E-state index contributed by atoms with van der Waals surface area (Å²) in [4.78, 5) is 11.5. The maximum Gasteiger partial charge on any atom is 0.135 e. The zero-order valence-electron chi connectivity index (χ0n) is 10.8. The number of rotatable bonds is 5. The Morgan fingerprint density at radius 3 is 2.44 bits per heavy atom. The number of hydrogen-bond donors (Lipinski definition) is 0. The fourth-order valence-electron chi connectivity index (χ4n) is 1.66. The minimum Gasteiger partial charge on any atom is -0.299 e. The molecule has 1 rings (SSSR count). The third-order valence-corrected chi connectivity index (χ3v) is 2.92. The summed E-state index contributed by atoms with van der Waals surface area (Å²) in [6, 6.07) is 8.57. The van der Waals surface area contributed by atoms with Crippen LogP contribution < -0.4 is 0 Å². The number of hydrogen-bond acceptors (Lipinski definition) is 1. The van der Waals surface area contributed by atoms with Gasteiger partial charge in [-0.25, -0.2) is 0 Å². The summed E-state index contributed by atoms with van der Waals surface area (Å²) >= 11 is 0. The maximum absolute atomic E-state index is 11.5. The van der Waals surface area contributed by atoms with Gasteiger partial charge in [-0.2, -0.15) is 0 Å². The molecular weight excluding hydrogens is 196 g/mol. The molecule has 88 valence electrons. The van der Waals surface area contributed by atoms with Gasteiger partial charge in [0.05, 0.1) is 0 Å². The van der Waals surface area contributed by atoms with Crippen LogP contribution in [-0.4, -0.2) is 5.78 Å². The van der Waals surface area contributed by atoms with Crippen molar-refractivity contribution in [1.29, 1.82) is 0 Å². The first-order chi connectivity index (χ1) is 7.50. The van der Waals surface area contributed by atoms with E-state index < -0.39 is 0 Å². The number of ketones is 1. The largest absolute Gasteiger partial charge is 0.299 e. The van der Waals surface area contributed by atoms with E-state index in [1.807, 2.05) is 13.8 Å². The summed E-state index contributed by atoms with van der Waals surface area (Å²) in [5.41, 5.74) is 2.63. The number of aryl methyl sites for hydroxylation is 1. The number of carbonyl (C=O) groups excluding carboxylic acids is 1. The fraction of sp³-hybridized carbons (Fsp3) is 0.533. The first kappa shape index (κ1) is 13.0. The van der Waals surface area contributed by atoms with Crippen LogP contribution in [0.2, 0.25) is 0 Å². The average molecular weight is 218 g/mol. The van der Waals surface area contributed by atoms with Crippen LogP contribution in [0.25, 0.3) is 0 Å². The minimum absolute atomic E-state index is 0.160. The van der Waals surface area contributed by atoms with Gasteiger partial charge in [-0.3, -0.25) is 4.79 Å². The molecule has 0 aliphatic heterocycles. The molecule has 0 radical (unpaired) electrons. The van der Waals surface area contributed by atoms with Gasteiger partial charge in [0.15, 0.2) is 0 Å². The minimum atomic E-state index is 0.160. The van der Waals surface area contributed by atoms with Gasteiger partial charge < -0.3 is 0 Å². The molecular formula is C15H22O. The Morgan fingerprint density at radius 1 is 1.19 bits per heavy atom. The zero-order chi connectivity index (χ0) is 12.1. The number of benzene rings is 1. The molecule has 0 atom stereocenters. The van der Waals surface area contributed by atoms with Gasteiger partial charge in [-0.1, -0.05) is 52.0 Å². The summed E-state index contributed by atoms with van der Waals surface area (Å²) < 4.78 is 0. The lowest BCUT2D eigenvalue weighted by Crippen LogP contribution is -2.07. The molecule has 1 nitrogen and oxygen atoms in total. The molecule has 0 amide bonds. The third kappa shape index (κ3) is 3.80. The highest BCUT2D eigenvalue weighted by atomic mass is 16.1. The zero-order valence-corrected chi connectivity index (χ0v) is 10.8. The quantitative estimate of drug-likeness (QED) is 0.731. The molecule has 0 saturated carbocycles. The summed E-state index contributed by atoms with van der Waals surface area (Å²) in [5.74, 6) is 1.07. The van der Waals surface area contributed by atoms with Crippen molar-refractivity contribution >= 4 is 5.78 Å². The van der Waals surface area contributed by atoms with Crippen LogP contribution in [0.5, 0.6) is 0 Å². The van der Waals surface area contributed by atoms with E-state index in [1.165, 1.54) is 11.1 Å². The van der Waals surface area contributed by atoms with Crippen molar-refractivity contribution in [1.82, 2.24) is 0 Å². The van der Waals surface area contributed by atoms with Gasteiger partial charge in [0, 0.05) is 12.3 Å². The van der Waals surface area contributed by atoms with Crippen LogP contribution >= 0.6 is 0 Å². The van der Waals surface area contributed by atoms with E-state index in [-0.39, 0.29) is 5.92 Å². The van der Waals surface area contributed by atoms with E-state index in [1.54, 1.807) is 0 Å². The highest BCUT2D eigenvalue weighted by Crippen LogP contribution is 2.16. The van der Waals surface area contributed by atoms with Crippen LogP contribution in [0.15, 0.2) is 24.3 Å². The topological polar surface area (TPSA) is 17.1 Å². The molecule has 1 aromatic rings. The Hall–Kier alpha value is -1.11. The lowest BCUT2D eigenvalue weighted by molar-refractivity contribution is -0.121. The third-order valence-electron chi connectivity index (χ3n) is 2.92. The number of Topliss-reactive ketones (excluding diaryl/α,β-unsaturated/α-hetero) is 1. The SMILES string of the molecule is CC(C)C(=O)CCc1cccc(C(C)C)c1. The molecule has 0 spiro atoms. The second-order valence-electron chi connectivity index (χ2n) is 5.02. The molecule has 0 aliphatic rings. The summed E-state index contributed by atoms with van der Waals surface area (Å²) in [6.07, 6.45) is 1.54. The average Bonchev–Trinajstić information content (AvgIpc) is 2.26. The maximum atomic E-state index is 11.5. The van der Waals surface area contributed by atoms with Gasteiger partial charge in [0.2, 0.25) is 0 Å². The van der Waals surface area contributed by atoms with Crippen LogP contribution in [0.3, 0.4) is 0 Å². The van der Waals surface area contributed by atoms with Crippen LogP contribution in [0.1, 0.15) is 51.2 Å². The molecule has 16 heavy (non-hydrogen) atoms. The second kappa shape index (κ2) is 5.83. The predicted molar refractivity (Wildman–Crippen MR) is 68.7 cm³/mol. The van der Waals surface area contributed by atoms with Gasteiger partial charge in [-0.05, 0) is 23.5 Å². The predicted octanol–water partition coefficient (Wildman–Crippen LogP) is 3.97. The van der Waals surface area contributed by atoms with Crippen molar-refractivity contribution in [2.24, 2.45) is 5.92 Å². The summed E-state index contributed by atoms with van der Waals surface area (Å²) in [7, 11) is 0. The Bertz CT molecular complexity index is 350. The molecule has 1 heteroatoms. The van der Waals surface area contributed by atoms with Crippen LogP contribution in [0, 0.1) is 5.92 Å². The molecule has 0 aliphatic carbocycles. The Balaban J connectivity index is 2.61. The lowest BCUT2D eigenvalue weighted by atomic mass is 9.97. The molecule has 0 saturated heterocycles. The van der Waals surface area contributed by atoms with Crippen molar-refractivity contribution in [3.63, 3.8) is 0 Å². The monoisotopic (exact) mass is 218 g/mol. The molecule has 0 aromatic heterocycles. The molecule has 0 unspecified atom stereocenters. The lowest BCUT2D eigenvalue weighted by Gasteiger charge is -2.08. The normalized spacial score (nSPS) is 11.1. The highest BCUT2D eigenvalue weighted by Gasteiger charge is 2.07. The van der Waals surface area contributed by atoms with Crippen molar-refractivity contribution in [3.05, 3.63) is 35.4 Å². The van der Waals surface area contributed by atoms with Gasteiger partial charge in [0.1, 0.15) is 5.78 Å². The van der Waals surface area contributed by atoms with Crippen LogP contribution in [0.4, 0.5) is 0 Å². The van der Waals surface area contributed by atoms with Crippen molar-refractivity contribution < 1.29 is 4.79 Å². The smallest absolute Gasteiger partial charge is 0.135 e. The molecule has 1 aromatic carbocycles. The summed E-state index contributed by atoms with van der Waals surface area (Å²) in [5, 5.41) is 0. The van der Waals surface area contributed by atoms with E-state index in [4.69, 9.17) is 0 Å². The standard InChI is InChI=1S/C15H22O/c1-11(2)14-7-5-6-13(10-14)8-9-15(16)12(3)4/h5-7,10-12H,8-9H2,1-4H3. The van der Waals surface area contributed by atoms with Gasteiger partial charge >= 0.3 is 0 Å². The second-order valence-corrected chi connectivity index (χ2v) is 5.02. The van der Waals surface area contributed by atoms with Crippen molar-refractivity contribution in [2.45, 2.75) is 46.5 Å².